The van der Waals surface area contributed by atoms with E-state index in [0.717, 1.165) is 6.42 Å². The SMILES string of the molecule is CCC(C)c1ccc(Oc2ccccc2F)cc1C. The fourth-order valence-corrected chi connectivity index (χ4v) is 2.14. The third kappa shape index (κ3) is 3.14. The van der Waals surface area contributed by atoms with Crippen molar-refractivity contribution in [3.63, 3.8) is 0 Å². The number of aryl methyl sites for hydroxylation is 1. The molecule has 100 valence electrons. The summed E-state index contributed by atoms with van der Waals surface area (Å²) in [6, 6.07) is 12.4. The summed E-state index contributed by atoms with van der Waals surface area (Å²) in [6.07, 6.45) is 1.11. The largest absolute Gasteiger partial charge is 0.454 e. The van der Waals surface area contributed by atoms with Gasteiger partial charge in [0.25, 0.3) is 0 Å². The quantitative estimate of drug-likeness (QED) is 0.709. The van der Waals surface area contributed by atoms with Crippen molar-refractivity contribution >= 4 is 0 Å². The van der Waals surface area contributed by atoms with Gasteiger partial charge in [0.1, 0.15) is 5.75 Å². The fraction of sp³-hybridized carbons (Fsp3) is 0.294. The Morgan fingerprint density at radius 2 is 1.89 bits per heavy atom. The Morgan fingerprint density at radius 1 is 1.16 bits per heavy atom. The molecule has 2 aromatic rings. The van der Waals surface area contributed by atoms with Crippen LogP contribution in [0.1, 0.15) is 37.3 Å². The van der Waals surface area contributed by atoms with Crippen LogP contribution in [-0.2, 0) is 0 Å². The van der Waals surface area contributed by atoms with E-state index >= 15 is 0 Å². The Balaban J connectivity index is 2.24. The molecule has 0 heterocycles. The first-order chi connectivity index (χ1) is 9.11. The van der Waals surface area contributed by atoms with E-state index in [0.29, 0.717) is 11.7 Å². The van der Waals surface area contributed by atoms with Gasteiger partial charge in [-0.2, -0.15) is 0 Å². The molecular weight excluding hydrogens is 239 g/mol. The molecule has 0 bridgehead atoms. The molecule has 0 fully saturated rings. The van der Waals surface area contributed by atoms with Crippen LogP contribution in [0.4, 0.5) is 4.39 Å². The molecule has 0 aliphatic heterocycles. The maximum absolute atomic E-state index is 13.5. The normalized spacial score (nSPS) is 12.2. The minimum atomic E-state index is -0.342. The van der Waals surface area contributed by atoms with Gasteiger partial charge >= 0.3 is 0 Å². The molecule has 0 radical (unpaired) electrons. The number of hydrogen-bond acceptors (Lipinski definition) is 1. The monoisotopic (exact) mass is 258 g/mol. The lowest BCUT2D eigenvalue weighted by Gasteiger charge is -2.14. The number of halogens is 1. The molecule has 0 saturated heterocycles. The van der Waals surface area contributed by atoms with Gasteiger partial charge in [-0.3, -0.25) is 0 Å². The van der Waals surface area contributed by atoms with Crippen molar-refractivity contribution < 1.29 is 9.13 Å². The Morgan fingerprint density at radius 3 is 2.53 bits per heavy atom. The standard InChI is InChI=1S/C17H19FO/c1-4-12(2)15-10-9-14(11-13(15)3)19-17-8-6-5-7-16(17)18/h5-12H,4H2,1-3H3. The van der Waals surface area contributed by atoms with Gasteiger partial charge in [-0.15, -0.1) is 0 Å². The topological polar surface area (TPSA) is 9.23 Å². The van der Waals surface area contributed by atoms with Crippen LogP contribution in [0.25, 0.3) is 0 Å². The van der Waals surface area contributed by atoms with Crippen molar-refractivity contribution in [1.82, 2.24) is 0 Å². The molecule has 19 heavy (non-hydrogen) atoms. The predicted octanol–water partition coefficient (Wildman–Crippen LogP) is 5.44. The molecule has 0 saturated carbocycles. The zero-order chi connectivity index (χ0) is 13.8. The van der Waals surface area contributed by atoms with E-state index < -0.39 is 0 Å². The van der Waals surface area contributed by atoms with Crippen LogP contribution >= 0.6 is 0 Å². The molecule has 0 aromatic heterocycles. The van der Waals surface area contributed by atoms with E-state index in [9.17, 15) is 4.39 Å². The fourth-order valence-electron chi connectivity index (χ4n) is 2.14. The predicted molar refractivity (Wildman–Crippen MR) is 76.4 cm³/mol. The van der Waals surface area contributed by atoms with E-state index in [1.54, 1.807) is 18.2 Å². The smallest absolute Gasteiger partial charge is 0.165 e. The average Bonchev–Trinajstić information content (AvgIpc) is 2.41. The van der Waals surface area contributed by atoms with Crippen LogP contribution in [0.5, 0.6) is 11.5 Å². The molecule has 0 aliphatic rings. The first kappa shape index (κ1) is 13.6. The summed E-state index contributed by atoms with van der Waals surface area (Å²) in [6.45, 7) is 6.45. The molecule has 0 aliphatic carbocycles. The van der Waals surface area contributed by atoms with Crippen molar-refractivity contribution in [1.29, 1.82) is 0 Å². The van der Waals surface area contributed by atoms with Crippen molar-refractivity contribution in [2.45, 2.75) is 33.1 Å². The number of rotatable bonds is 4. The maximum atomic E-state index is 13.5. The lowest BCUT2D eigenvalue weighted by atomic mass is 9.94. The Kier molecular flexibility index (Phi) is 4.20. The summed E-state index contributed by atoms with van der Waals surface area (Å²) in [5, 5.41) is 0. The lowest BCUT2D eigenvalue weighted by Crippen LogP contribution is -1.96. The second-order valence-electron chi connectivity index (χ2n) is 4.86. The number of para-hydroxylation sites is 1. The zero-order valence-electron chi connectivity index (χ0n) is 11.6. The van der Waals surface area contributed by atoms with Crippen LogP contribution in [0.3, 0.4) is 0 Å². The number of hydrogen-bond donors (Lipinski definition) is 0. The van der Waals surface area contributed by atoms with Gasteiger partial charge in [-0.25, -0.2) is 4.39 Å². The summed E-state index contributed by atoms with van der Waals surface area (Å²) >= 11 is 0. The second-order valence-corrected chi connectivity index (χ2v) is 4.86. The molecule has 0 spiro atoms. The first-order valence-electron chi connectivity index (χ1n) is 6.64. The molecular formula is C17H19FO. The Labute approximate surface area is 114 Å². The third-order valence-corrected chi connectivity index (χ3v) is 3.45. The zero-order valence-corrected chi connectivity index (χ0v) is 11.6. The second kappa shape index (κ2) is 5.87. The van der Waals surface area contributed by atoms with Crippen LogP contribution in [0, 0.1) is 12.7 Å². The number of ether oxygens (including phenoxy) is 1. The molecule has 1 nitrogen and oxygen atoms in total. The third-order valence-electron chi connectivity index (χ3n) is 3.45. The van der Waals surface area contributed by atoms with Gasteiger partial charge in [-0.05, 0) is 54.7 Å². The summed E-state index contributed by atoms with van der Waals surface area (Å²) < 4.78 is 19.1. The Bertz CT molecular complexity index is 563. The van der Waals surface area contributed by atoms with Gasteiger partial charge < -0.3 is 4.74 Å². The average molecular weight is 258 g/mol. The highest BCUT2D eigenvalue weighted by Gasteiger charge is 2.09. The van der Waals surface area contributed by atoms with Crippen molar-refractivity contribution in [2.24, 2.45) is 0 Å². The highest BCUT2D eigenvalue weighted by Crippen LogP contribution is 2.29. The van der Waals surface area contributed by atoms with E-state index in [1.807, 2.05) is 12.1 Å². The van der Waals surface area contributed by atoms with Gasteiger partial charge in [-0.1, -0.05) is 32.0 Å². The van der Waals surface area contributed by atoms with Crippen molar-refractivity contribution in [2.75, 3.05) is 0 Å². The maximum Gasteiger partial charge on any atom is 0.165 e. The van der Waals surface area contributed by atoms with E-state index in [1.165, 1.54) is 17.2 Å². The molecule has 2 heteroatoms. The van der Waals surface area contributed by atoms with Gasteiger partial charge in [0.2, 0.25) is 0 Å². The molecule has 1 atom stereocenters. The van der Waals surface area contributed by atoms with E-state index in [4.69, 9.17) is 4.74 Å². The molecule has 0 N–H and O–H groups in total. The van der Waals surface area contributed by atoms with Gasteiger partial charge in [0.15, 0.2) is 11.6 Å². The van der Waals surface area contributed by atoms with E-state index in [2.05, 4.69) is 26.8 Å². The minimum absolute atomic E-state index is 0.262. The van der Waals surface area contributed by atoms with Gasteiger partial charge in [0, 0.05) is 0 Å². The van der Waals surface area contributed by atoms with Crippen molar-refractivity contribution in [3.8, 4) is 11.5 Å². The Hall–Kier alpha value is -1.83. The lowest BCUT2D eigenvalue weighted by molar-refractivity contribution is 0.441. The molecule has 2 aromatic carbocycles. The van der Waals surface area contributed by atoms with Crippen LogP contribution in [0.15, 0.2) is 42.5 Å². The molecule has 1 unspecified atom stereocenters. The van der Waals surface area contributed by atoms with Crippen LogP contribution < -0.4 is 4.74 Å². The van der Waals surface area contributed by atoms with E-state index in [-0.39, 0.29) is 11.6 Å². The van der Waals surface area contributed by atoms with Crippen LogP contribution in [0.2, 0.25) is 0 Å². The minimum Gasteiger partial charge on any atom is -0.454 e. The summed E-state index contributed by atoms with van der Waals surface area (Å²) in [7, 11) is 0. The summed E-state index contributed by atoms with van der Waals surface area (Å²) in [5.41, 5.74) is 2.51. The highest BCUT2D eigenvalue weighted by atomic mass is 19.1. The molecule has 0 amide bonds. The summed E-state index contributed by atoms with van der Waals surface area (Å²) in [4.78, 5) is 0. The van der Waals surface area contributed by atoms with Crippen molar-refractivity contribution in [3.05, 3.63) is 59.4 Å². The molecule has 2 rings (SSSR count). The van der Waals surface area contributed by atoms with Gasteiger partial charge in [0.05, 0.1) is 0 Å². The highest BCUT2D eigenvalue weighted by molar-refractivity contribution is 5.39. The number of benzene rings is 2. The summed E-state index contributed by atoms with van der Waals surface area (Å²) in [5.74, 6) is 1.13. The van der Waals surface area contributed by atoms with Crippen LogP contribution in [-0.4, -0.2) is 0 Å². The first-order valence-corrected chi connectivity index (χ1v) is 6.64.